The molecular formula is C18H22N2O5S. The first-order valence-electron chi connectivity index (χ1n) is 7.96. The molecule has 0 radical (unpaired) electrons. The molecule has 2 aromatic rings. The first-order valence-corrected chi connectivity index (χ1v) is 9.81. The molecular weight excluding hydrogens is 356 g/mol. The molecule has 140 valence electrons. The fraction of sp³-hybridized carbons (Fsp3) is 0.278. The van der Waals surface area contributed by atoms with Crippen molar-refractivity contribution < 1.29 is 22.7 Å². The molecule has 7 nitrogen and oxygen atoms in total. The molecule has 26 heavy (non-hydrogen) atoms. The summed E-state index contributed by atoms with van der Waals surface area (Å²) in [5, 5.41) is 2.65. The molecule has 0 aliphatic carbocycles. The second kappa shape index (κ2) is 9.10. The van der Waals surface area contributed by atoms with E-state index in [1.54, 1.807) is 36.4 Å². The van der Waals surface area contributed by atoms with Crippen molar-refractivity contribution in [3.8, 4) is 11.5 Å². The number of nitrogens with zero attached hydrogens (tertiary/aromatic N) is 1. The van der Waals surface area contributed by atoms with E-state index in [1.165, 1.54) is 11.4 Å². The van der Waals surface area contributed by atoms with Gasteiger partial charge in [0.2, 0.25) is 10.0 Å². The van der Waals surface area contributed by atoms with E-state index in [4.69, 9.17) is 9.47 Å². The monoisotopic (exact) mass is 378 g/mol. The predicted molar refractivity (Wildman–Crippen MR) is 100 cm³/mol. The van der Waals surface area contributed by atoms with Gasteiger partial charge in [-0.2, -0.15) is 0 Å². The van der Waals surface area contributed by atoms with E-state index in [0.717, 1.165) is 6.26 Å². The average Bonchev–Trinajstić information content (AvgIpc) is 2.63. The summed E-state index contributed by atoms with van der Waals surface area (Å²) in [4.78, 5) is 11.9. The quantitative estimate of drug-likeness (QED) is 0.717. The number of hydrogen-bond acceptors (Lipinski definition) is 5. The highest BCUT2D eigenvalue weighted by atomic mass is 32.2. The molecule has 8 heteroatoms. The summed E-state index contributed by atoms with van der Waals surface area (Å²) >= 11 is 0. The Morgan fingerprint density at radius 2 is 1.77 bits per heavy atom. The molecule has 0 saturated heterocycles. The molecule has 0 aliphatic heterocycles. The molecule has 0 saturated carbocycles. The van der Waals surface area contributed by atoms with Gasteiger partial charge in [0.15, 0.2) is 6.61 Å². The summed E-state index contributed by atoms with van der Waals surface area (Å²) < 4.78 is 35.8. The summed E-state index contributed by atoms with van der Waals surface area (Å²) in [7, 11) is -1.99. The number of sulfonamides is 1. The highest BCUT2D eigenvalue weighted by Gasteiger charge is 2.18. The standard InChI is InChI=1S/C18H22N2O5S/c1-24-17-10-6-7-15(13-17)20(26(2,22)23)12-11-19-18(21)14-25-16-8-4-3-5-9-16/h3-10,13H,11-12,14H2,1-2H3,(H,19,21). The third-order valence-electron chi connectivity index (χ3n) is 3.49. The van der Waals surface area contributed by atoms with Gasteiger partial charge in [0, 0.05) is 12.6 Å². The van der Waals surface area contributed by atoms with Crippen LogP contribution in [-0.4, -0.2) is 47.4 Å². The maximum absolute atomic E-state index is 12.1. The Morgan fingerprint density at radius 3 is 2.42 bits per heavy atom. The lowest BCUT2D eigenvalue weighted by Gasteiger charge is -2.23. The SMILES string of the molecule is COc1cccc(N(CCNC(=O)COc2ccccc2)S(C)(=O)=O)c1. The Kier molecular flexibility index (Phi) is 6.85. The van der Waals surface area contributed by atoms with E-state index in [-0.39, 0.29) is 25.6 Å². The van der Waals surface area contributed by atoms with E-state index < -0.39 is 10.0 Å². The van der Waals surface area contributed by atoms with Crippen LogP contribution in [0.2, 0.25) is 0 Å². The van der Waals surface area contributed by atoms with Crippen LogP contribution in [0, 0.1) is 0 Å². The molecule has 0 unspecified atom stereocenters. The number of para-hydroxylation sites is 1. The van der Waals surface area contributed by atoms with Crippen molar-refractivity contribution in [3.05, 3.63) is 54.6 Å². The number of ether oxygens (including phenoxy) is 2. The molecule has 2 rings (SSSR count). The lowest BCUT2D eigenvalue weighted by Crippen LogP contribution is -2.39. The van der Waals surface area contributed by atoms with Crippen LogP contribution in [0.3, 0.4) is 0 Å². The van der Waals surface area contributed by atoms with Crippen molar-refractivity contribution in [1.82, 2.24) is 5.32 Å². The van der Waals surface area contributed by atoms with E-state index >= 15 is 0 Å². The summed E-state index contributed by atoms with van der Waals surface area (Å²) in [6.45, 7) is 0.117. The third kappa shape index (κ3) is 5.96. The number of methoxy groups -OCH3 is 1. The molecule has 0 heterocycles. The van der Waals surface area contributed by atoms with Crippen molar-refractivity contribution in [2.24, 2.45) is 0 Å². The van der Waals surface area contributed by atoms with Crippen molar-refractivity contribution in [2.75, 3.05) is 37.4 Å². The average molecular weight is 378 g/mol. The number of rotatable bonds is 9. The van der Waals surface area contributed by atoms with Gasteiger partial charge < -0.3 is 14.8 Å². The number of nitrogens with one attached hydrogen (secondary N) is 1. The van der Waals surface area contributed by atoms with Crippen LogP contribution < -0.4 is 19.1 Å². The number of carbonyl (C=O) groups is 1. The van der Waals surface area contributed by atoms with Crippen molar-refractivity contribution in [3.63, 3.8) is 0 Å². The fourth-order valence-corrected chi connectivity index (χ4v) is 3.18. The van der Waals surface area contributed by atoms with Crippen molar-refractivity contribution >= 4 is 21.6 Å². The Labute approximate surface area is 153 Å². The van der Waals surface area contributed by atoms with Gasteiger partial charge in [-0.05, 0) is 24.3 Å². The van der Waals surface area contributed by atoms with Crippen LogP contribution in [0.5, 0.6) is 11.5 Å². The van der Waals surface area contributed by atoms with Crippen LogP contribution in [0.4, 0.5) is 5.69 Å². The number of amides is 1. The molecule has 0 fully saturated rings. The second-order valence-corrected chi connectivity index (χ2v) is 7.40. The van der Waals surface area contributed by atoms with Crippen molar-refractivity contribution in [1.29, 1.82) is 0 Å². The highest BCUT2D eigenvalue weighted by Crippen LogP contribution is 2.22. The Balaban J connectivity index is 1.90. The van der Waals surface area contributed by atoms with Crippen molar-refractivity contribution in [2.45, 2.75) is 0 Å². The molecule has 0 aliphatic rings. The topological polar surface area (TPSA) is 84.9 Å². The zero-order valence-electron chi connectivity index (χ0n) is 14.7. The molecule has 0 bridgehead atoms. The molecule has 0 aromatic heterocycles. The Hall–Kier alpha value is -2.74. The second-order valence-electron chi connectivity index (χ2n) is 5.49. The Bertz CT molecular complexity index is 824. The lowest BCUT2D eigenvalue weighted by molar-refractivity contribution is -0.123. The first kappa shape index (κ1) is 19.6. The fourth-order valence-electron chi connectivity index (χ4n) is 2.27. The largest absolute Gasteiger partial charge is 0.497 e. The first-order chi connectivity index (χ1) is 12.4. The van der Waals surface area contributed by atoms with Crippen LogP contribution >= 0.6 is 0 Å². The summed E-state index contributed by atoms with van der Waals surface area (Å²) in [6, 6.07) is 15.7. The summed E-state index contributed by atoms with van der Waals surface area (Å²) in [6.07, 6.45) is 1.12. The van der Waals surface area contributed by atoms with Crippen LogP contribution in [0.25, 0.3) is 0 Å². The summed E-state index contributed by atoms with van der Waals surface area (Å²) in [5.74, 6) is 0.821. The minimum absolute atomic E-state index is 0.100. The summed E-state index contributed by atoms with van der Waals surface area (Å²) in [5.41, 5.74) is 0.474. The van der Waals surface area contributed by atoms with Crippen LogP contribution in [-0.2, 0) is 14.8 Å². The van der Waals surface area contributed by atoms with Gasteiger partial charge in [-0.1, -0.05) is 24.3 Å². The zero-order valence-corrected chi connectivity index (χ0v) is 15.5. The number of hydrogen-bond donors (Lipinski definition) is 1. The molecule has 0 spiro atoms. The molecule has 2 aromatic carbocycles. The predicted octanol–water partition coefficient (Wildman–Crippen LogP) is 1.66. The number of anilines is 1. The molecule has 1 N–H and O–H groups in total. The zero-order chi connectivity index (χ0) is 19.0. The van der Waals surface area contributed by atoms with Gasteiger partial charge >= 0.3 is 0 Å². The van der Waals surface area contributed by atoms with Crippen LogP contribution in [0.1, 0.15) is 0 Å². The van der Waals surface area contributed by atoms with E-state index in [0.29, 0.717) is 17.2 Å². The van der Waals surface area contributed by atoms with Gasteiger partial charge in [0.1, 0.15) is 11.5 Å². The van der Waals surface area contributed by atoms with Gasteiger partial charge in [0.25, 0.3) is 5.91 Å². The third-order valence-corrected chi connectivity index (χ3v) is 4.69. The maximum atomic E-state index is 12.1. The molecule has 1 amide bonds. The number of benzene rings is 2. The van der Waals surface area contributed by atoms with E-state index in [9.17, 15) is 13.2 Å². The van der Waals surface area contributed by atoms with Gasteiger partial charge in [-0.25, -0.2) is 8.42 Å². The smallest absolute Gasteiger partial charge is 0.258 e. The minimum atomic E-state index is -3.50. The maximum Gasteiger partial charge on any atom is 0.258 e. The Morgan fingerprint density at radius 1 is 1.08 bits per heavy atom. The van der Waals surface area contributed by atoms with Gasteiger partial charge in [0.05, 0.1) is 25.6 Å². The number of carbonyl (C=O) groups excluding carboxylic acids is 1. The van der Waals surface area contributed by atoms with Crippen LogP contribution in [0.15, 0.2) is 54.6 Å². The van der Waals surface area contributed by atoms with Gasteiger partial charge in [-0.3, -0.25) is 9.10 Å². The molecule has 0 atom stereocenters. The van der Waals surface area contributed by atoms with Gasteiger partial charge in [-0.15, -0.1) is 0 Å². The van der Waals surface area contributed by atoms with E-state index in [2.05, 4.69) is 5.32 Å². The lowest BCUT2D eigenvalue weighted by atomic mass is 10.3. The van der Waals surface area contributed by atoms with E-state index in [1.807, 2.05) is 18.2 Å². The highest BCUT2D eigenvalue weighted by molar-refractivity contribution is 7.92. The normalized spacial score (nSPS) is 10.8. The minimum Gasteiger partial charge on any atom is -0.497 e.